The van der Waals surface area contributed by atoms with E-state index in [1.165, 1.54) is 11.1 Å². The van der Waals surface area contributed by atoms with Gasteiger partial charge in [-0.15, -0.1) is 0 Å². The lowest BCUT2D eigenvalue weighted by Gasteiger charge is -2.32. The fourth-order valence-corrected chi connectivity index (χ4v) is 2.81. The van der Waals surface area contributed by atoms with Crippen LogP contribution in [0, 0.1) is 0 Å². The van der Waals surface area contributed by atoms with Crippen molar-refractivity contribution in [3.05, 3.63) is 23.4 Å². The van der Waals surface area contributed by atoms with E-state index < -0.39 is 0 Å². The fourth-order valence-electron chi connectivity index (χ4n) is 2.81. The van der Waals surface area contributed by atoms with Crippen molar-refractivity contribution in [2.45, 2.75) is 51.2 Å². The molecule has 0 bridgehead atoms. The lowest BCUT2D eigenvalue weighted by molar-refractivity contribution is -0.0473. The molecular weight excluding hydrogens is 190 g/mol. The van der Waals surface area contributed by atoms with E-state index in [1.54, 1.807) is 0 Å². The van der Waals surface area contributed by atoms with Gasteiger partial charge >= 0.3 is 0 Å². The van der Waals surface area contributed by atoms with E-state index in [2.05, 4.69) is 18.3 Å². The SMILES string of the molecule is CC1OC2CCC3=C(C=CNC3C)C2O1. The Morgan fingerprint density at radius 3 is 3.07 bits per heavy atom. The Kier molecular flexibility index (Phi) is 2.11. The molecule has 82 valence electrons. The van der Waals surface area contributed by atoms with Crippen molar-refractivity contribution in [3.63, 3.8) is 0 Å². The van der Waals surface area contributed by atoms with Crippen LogP contribution in [0.2, 0.25) is 0 Å². The van der Waals surface area contributed by atoms with Gasteiger partial charge in [0.1, 0.15) is 6.10 Å². The van der Waals surface area contributed by atoms with Crippen LogP contribution in [0.3, 0.4) is 0 Å². The number of rotatable bonds is 0. The average molecular weight is 207 g/mol. The third-order valence-corrected chi connectivity index (χ3v) is 3.55. The second-order valence-corrected chi connectivity index (χ2v) is 4.54. The maximum Gasteiger partial charge on any atom is 0.156 e. The first-order chi connectivity index (χ1) is 7.25. The quantitative estimate of drug-likeness (QED) is 0.656. The number of nitrogens with one attached hydrogen (secondary N) is 1. The fraction of sp³-hybridized carbons (Fsp3) is 0.667. The van der Waals surface area contributed by atoms with Crippen molar-refractivity contribution in [2.75, 3.05) is 0 Å². The lowest BCUT2D eigenvalue weighted by Crippen LogP contribution is -2.37. The Morgan fingerprint density at radius 2 is 2.20 bits per heavy atom. The molecule has 0 aromatic heterocycles. The molecule has 2 aliphatic heterocycles. The van der Waals surface area contributed by atoms with Gasteiger partial charge in [0.15, 0.2) is 6.29 Å². The van der Waals surface area contributed by atoms with Crippen molar-refractivity contribution >= 4 is 0 Å². The van der Waals surface area contributed by atoms with Crippen molar-refractivity contribution in [1.82, 2.24) is 5.32 Å². The van der Waals surface area contributed by atoms with Crippen molar-refractivity contribution in [3.8, 4) is 0 Å². The minimum Gasteiger partial charge on any atom is -0.385 e. The molecule has 0 spiro atoms. The monoisotopic (exact) mass is 207 g/mol. The van der Waals surface area contributed by atoms with E-state index in [4.69, 9.17) is 9.47 Å². The van der Waals surface area contributed by atoms with Gasteiger partial charge in [0.05, 0.1) is 6.10 Å². The summed E-state index contributed by atoms with van der Waals surface area (Å²) in [7, 11) is 0. The van der Waals surface area contributed by atoms with Gasteiger partial charge in [-0.2, -0.15) is 0 Å². The Bertz CT molecular complexity index is 335. The van der Waals surface area contributed by atoms with Gasteiger partial charge < -0.3 is 14.8 Å². The van der Waals surface area contributed by atoms with Gasteiger partial charge in [-0.05, 0) is 50.1 Å². The van der Waals surface area contributed by atoms with E-state index >= 15 is 0 Å². The second kappa shape index (κ2) is 3.35. The van der Waals surface area contributed by atoms with Crippen LogP contribution in [0.4, 0.5) is 0 Å². The van der Waals surface area contributed by atoms with Gasteiger partial charge in [-0.1, -0.05) is 0 Å². The highest BCUT2D eigenvalue weighted by atomic mass is 16.7. The van der Waals surface area contributed by atoms with Crippen LogP contribution >= 0.6 is 0 Å². The maximum atomic E-state index is 5.82. The third kappa shape index (κ3) is 1.42. The molecular formula is C12H17NO2. The number of fused-ring (bicyclic) bond motifs is 2. The number of hydrogen-bond donors (Lipinski definition) is 1. The van der Waals surface area contributed by atoms with E-state index in [9.17, 15) is 0 Å². The number of hydrogen-bond acceptors (Lipinski definition) is 3. The lowest BCUT2D eigenvalue weighted by atomic mass is 9.83. The van der Waals surface area contributed by atoms with Gasteiger partial charge in [-0.3, -0.25) is 0 Å². The van der Waals surface area contributed by atoms with Crippen molar-refractivity contribution in [2.24, 2.45) is 0 Å². The minimum atomic E-state index is -0.0505. The summed E-state index contributed by atoms with van der Waals surface area (Å²) in [6.07, 6.45) is 6.79. The van der Waals surface area contributed by atoms with Crippen LogP contribution in [-0.4, -0.2) is 24.5 Å². The van der Waals surface area contributed by atoms with Crippen molar-refractivity contribution < 1.29 is 9.47 Å². The van der Waals surface area contributed by atoms with Gasteiger partial charge in [0, 0.05) is 6.04 Å². The van der Waals surface area contributed by atoms with E-state index in [0.29, 0.717) is 6.04 Å². The Hall–Kier alpha value is -0.800. The molecule has 15 heavy (non-hydrogen) atoms. The summed E-state index contributed by atoms with van der Waals surface area (Å²) in [5, 5.41) is 3.34. The zero-order valence-corrected chi connectivity index (χ0v) is 9.19. The third-order valence-electron chi connectivity index (χ3n) is 3.55. The number of ether oxygens (including phenoxy) is 2. The van der Waals surface area contributed by atoms with Crippen molar-refractivity contribution in [1.29, 1.82) is 0 Å². The van der Waals surface area contributed by atoms with E-state index in [-0.39, 0.29) is 18.5 Å². The summed E-state index contributed by atoms with van der Waals surface area (Å²) in [4.78, 5) is 0. The highest BCUT2D eigenvalue weighted by molar-refractivity contribution is 5.39. The molecule has 4 atom stereocenters. The summed E-state index contributed by atoms with van der Waals surface area (Å²) in [5.41, 5.74) is 2.85. The van der Waals surface area contributed by atoms with Crippen LogP contribution in [0.15, 0.2) is 23.4 Å². The summed E-state index contributed by atoms with van der Waals surface area (Å²) < 4.78 is 11.6. The Morgan fingerprint density at radius 1 is 1.33 bits per heavy atom. The van der Waals surface area contributed by atoms with Gasteiger partial charge in [-0.25, -0.2) is 0 Å². The molecule has 1 saturated heterocycles. The molecule has 2 heterocycles. The molecule has 3 nitrogen and oxygen atoms in total. The topological polar surface area (TPSA) is 30.5 Å². The first-order valence-electron chi connectivity index (χ1n) is 5.72. The molecule has 0 aromatic carbocycles. The summed E-state index contributed by atoms with van der Waals surface area (Å²) in [6.45, 7) is 4.19. The molecule has 3 rings (SSSR count). The molecule has 1 aliphatic carbocycles. The van der Waals surface area contributed by atoms with Gasteiger partial charge in [0.2, 0.25) is 0 Å². The molecule has 0 amide bonds. The largest absolute Gasteiger partial charge is 0.385 e. The predicted octanol–water partition coefficient (Wildman–Crippen LogP) is 1.71. The zero-order valence-electron chi connectivity index (χ0n) is 9.19. The highest BCUT2D eigenvalue weighted by Crippen LogP contribution is 2.38. The first-order valence-corrected chi connectivity index (χ1v) is 5.72. The first kappa shape index (κ1) is 9.43. The smallest absolute Gasteiger partial charge is 0.156 e. The van der Waals surface area contributed by atoms with Crippen LogP contribution in [0.5, 0.6) is 0 Å². The van der Waals surface area contributed by atoms with Crippen LogP contribution in [-0.2, 0) is 9.47 Å². The van der Waals surface area contributed by atoms with Gasteiger partial charge in [0.25, 0.3) is 0 Å². The maximum absolute atomic E-state index is 5.82. The standard InChI is InChI=1S/C12H17NO2/c1-7-9-3-4-11-12(15-8(2)14-11)10(9)5-6-13-7/h5-8,11-13H,3-4H2,1-2H3. The molecule has 1 fully saturated rings. The second-order valence-electron chi connectivity index (χ2n) is 4.54. The molecule has 1 N–H and O–H groups in total. The molecule has 0 aromatic rings. The summed E-state index contributed by atoms with van der Waals surface area (Å²) in [6, 6.07) is 0.449. The van der Waals surface area contributed by atoms with E-state index in [1.807, 2.05) is 13.1 Å². The molecule has 3 aliphatic rings. The van der Waals surface area contributed by atoms with E-state index in [0.717, 1.165) is 12.8 Å². The molecule has 0 saturated carbocycles. The molecule has 4 unspecified atom stereocenters. The predicted molar refractivity (Wildman–Crippen MR) is 57.2 cm³/mol. The molecule has 0 radical (unpaired) electrons. The highest BCUT2D eigenvalue weighted by Gasteiger charge is 2.40. The zero-order chi connectivity index (χ0) is 10.4. The Labute approximate surface area is 90.1 Å². The summed E-state index contributed by atoms with van der Waals surface area (Å²) in [5.74, 6) is 0. The van der Waals surface area contributed by atoms with Crippen LogP contribution in [0.1, 0.15) is 26.7 Å². The minimum absolute atomic E-state index is 0.0505. The molecule has 3 heteroatoms. The Balaban J connectivity index is 1.95. The van der Waals surface area contributed by atoms with Crippen LogP contribution in [0.25, 0.3) is 0 Å². The number of dihydropyridines is 1. The summed E-state index contributed by atoms with van der Waals surface area (Å²) >= 11 is 0. The normalized spacial score (nSPS) is 43.6. The average Bonchev–Trinajstić information content (AvgIpc) is 2.59. The van der Waals surface area contributed by atoms with Crippen LogP contribution < -0.4 is 5.32 Å².